The zero-order valence-electron chi connectivity index (χ0n) is 11.1. The first kappa shape index (κ1) is 14.4. The lowest BCUT2D eigenvalue weighted by molar-refractivity contribution is -0.133. The quantitative estimate of drug-likeness (QED) is 0.672. The van der Waals surface area contributed by atoms with E-state index in [1.807, 2.05) is 25.8 Å². The molecule has 0 fully saturated rings. The molecule has 0 saturated carbocycles. The molecule has 0 aliphatic heterocycles. The van der Waals surface area contributed by atoms with Crippen LogP contribution in [0.15, 0.2) is 0 Å². The Morgan fingerprint density at radius 3 is 2.00 bits per heavy atom. The first-order valence-corrected chi connectivity index (χ1v) is 5.78. The largest absolute Gasteiger partial charge is 0.344 e. The molecule has 90 valence electrons. The maximum absolute atomic E-state index is 11.6. The highest BCUT2D eigenvalue weighted by atomic mass is 16.2. The Balaban J connectivity index is 3.80. The molecular weight excluding hydrogens is 188 g/mol. The molecular formula is C12H26N2O. The Labute approximate surface area is 94.4 Å². The molecule has 0 aromatic rings. The number of rotatable bonds is 6. The predicted octanol–water partition coefficient (Wildman–Crippen LogP) is 1.69. The number of carbonyl (C=O) groups excluding carboxylic acids is 1. The van der Waals surface area contributed by atoms with Crippen LogP contribution in [0.2, 0.25) is 0 Å². The van der Waals surface area contributed by atoms with Crippen molar-refractivity contribution in [3.63, 3.8) is 0 Å². The van der Waals surface area contributed by atoms with Crippen molar-refractivity contribution in [3.05, 3.63) is 0 Å². The van der Waals surface area contributed by atoms with Crippen LogP contribution in [-0.2, 0) is 4.79 Å². The molecule has 0 radical (unpaired) electrons. The first-order valence-electron chi connectivity index (χ1n) is 5.78. The molecule has 3 heteroatoms. The summed E-state index contributed by atoms with van der Waals surface area (Å²) in [6.45, 7) is 11.2. The van der Waals surface area contributed by atoms with E-state index >= 15 is 0 Å². The lowest BCUT2D eigenvalue weighted by Gasteiger charge is -2.24. The minimum atomic E-state index is 0.102. The number of likely N-dealkylation sites (N-methyl/N-ethyl adjacent to an activating group) is 2. The standard InChI is InChI=1S/C12H26N2O/c1-10(2)9-13(5)7-8-14(6)12(15)11(3)4/h10-11H,7-9H2,1-6H3. The molecule has 0 unspecified atom stereocenters. The molecule has 0 spiro atoms. The zero-order chi connectivity index (χ0) is 12.0. The summed E-state index contributed by atoms with van der Waals surface area (Å²) in [6.07, 6.45) is 0. The van der Waals surface area contributed by atoms with Crippen LogP contribution in [0.4, 0.5) is 0 Å². The molecule has 0 heterocycles. The minimum Gasteiger partial charge on any atom is -0.344 e. The van der Waals surface area contributed by atoms with E-state index in [1.165, 1.54) is 0 Å². The fourth-order valence-corrected chi connectivity index (χ4v) is 1.59. The number of nitrogens with zero attached hydrogens (tertiary/aromatic N) is 2. The monoisotopic (exact) mass is 214 g/mol. The molecule has 0 aromatic heterocycles. The van der Waals surface area contributed by atoms with E-state index in [1.54, 1.807) is 0 Å². The van der Waals surface area contributed by atoms with Gasteiger partial charge in [0.1, 0.15) is 0 Å². The third-order valence-corrected chi connectivity index (χ3v) is 2.36. The molecule has 0 N–H and O–H groups in total. The van der Waals surface area contributed by atoms with Gasteiger partial charge in [0.25, 0.3) is 0 Å². The Hall–Kier alpha value is -0.570. The van der Waals surface area contributed by atoms with Gasteiger partial charge in [0.2, 0.25) is 5.91 Å². The van der Waals surface area contributed by atoms with Gasteiger partial charge < -0.3 is 9.80 Å². The van der Waals surface area contributed by atoms with Crippen molar-refractivity contribution in [2.24, 2.45) is 11.8 Å². The topological polar surface area (TPSA) is 23.6 Å². The SMILES string of the molecule is CC(C)CN(C)CCN(C)C(=O)C(C)C. The molecule has 1 amide bonds. The Morgan fingerprint density at radius 1 is 1.07 bits per heavy atom. The molecule has 0 aromatic carbocycles. The zero-order valence-corrected chi connectivity index (χ0v) is 11.1. The molecule has 0 aliphatic rings. The molecule has 0 atom stereocenters. The van der Waals surface area contributed by atoms with Crippen molar-refractivity contribution in [2.75, 3.05) is 33.7 Å². The maximum atomic E-state index is 11.6. The van der Waals surface area contributed by atoms with Gasteiger partial charge in [0.15, 0.2) is 0 Å². The van der Waals surface area contributed by atoms with Gasteiger partial charge in [-0.2, -0.15) is 0 Å². The third kappa shape index (κ3) is 6.50. The summed E-state index contributed by atoms with van der Waals surface area (Å²) >= 11 is 0. The van der Waals surface area contributed by atoms with E-state index in [0.29, 0.717) is 5.92 Å². The fraction of sp³-hybridized carbons (Fsp3) is 0.917. The summed E-state index contributed by atoms with van der Waals surface area (Å²) in [5.74, 6) is 1.01. The van der Waals surface area contributed by atoms with E-state index in [0.717, 1.165) is 19.6 Å². The number of amides is 1. The Bertz CT molecular complexity index is 190. The van der Waals surface area contributed by atoms with Gasteiger partial charge in [0.05, 0.1) is 0 Å². The van der Waals surface area contributed by atoms with E-state index in [2.05, 4.69) is 25.8 Å². The summed E-state index contributed by atoms with van der Waals surface area (Å²) in [7, 11) is 3.99. The second-order valence-corrected chi connectivity index (χ2v) is 5.07. The Kier molecular flexibility index (Phi) is 6.57. The van der Waals surface area contributed by atoms with Crippen molar-refractivity contribution >= 4 is 5.91 Å². The second kappa shape index (κ2) is 6.83. The summed E-state index contributed by atoms with van der Waals surface area (Å²) in [4.78, 5) is 15.7. The van der Waals surface area contributed by atoms with Crippen LogP contribution in [0.5, 0.6) is 0 Å². The van der Waals surface area contributed by atoms with Crippen molar-refractivity contribution in [3.8, 4) is 0 Å². The Morgan fingerprint density at radius 2 is 1.60 bits per heavy atom. The van der Waals surface area contributed by atoms with Crippen LogP contribution in [-0.4, -0.2) is 49.4 Å². The van der Waals surface area contributed by atoms with Crippen LogP contribution in [0.1, 0.15) is 27.7 Å². The molecule has 0 aliphatic carbocycles. The third-order valence-electron chi connectivity index (χ3n) is 2.36. The highest BCUT2D eigenvalue weighted by Gasteiger charge is 2.13. The molecule has 0 rings (SSSR count). The predicted molar refractivity (Wildman–Crippen MR) is 64.8 cm³/mol. The van der Waals surface area contributed by atoms with Gasteiger partial charge in [-0.3, -0.25) is 4.79 Å². The molecule has 0 saturated heterocycles. The summed E-state index contributed by atoms with van der Waals surface area (Å²) in [5.41, 5.74) is 0. The van der Waals surface area contributed by atoms with Crippen molar-refractivity contribution < 1.29 is 4.79 Å². The van der Waals surface area contributed by atoms with E-state index < -0.39 is 0 Å². The number of hydrogen-bond donors (Lipinski definition) is 0. The fourth-order valence-electron chi connectivity index (χ4n) is 1.59. The summed E-state index contributed by atoms with van der Waals surface area (Å²) < 4.78 is 0. The van der Waals surface area contributed by atoms with Gasteiger partial charge in [-0.1, -0.05) is 27.7 Å². The lowest BCUT2D eigenvalue weighted by Crippen LogP contribution is -2.37. The summed E-state index contributed by atoms with van der Waals surface area (Å²) in [6, 6.07) is 0. The van der Waals surface area contributed by atoms with Gasteiger partial charge in [-0.05, 0) is 13.0 Å². The van der Waals surface area contributed by atoms with Crippen LogP contribution >= 0.6 is 0 Å². The van der Waals surface area contributed by atoms with Gasteiger partial charge in [0, 0.05) is 32.6 Å². The average molecular weight is 214 g/mol. The molecule has 0 bridgehead atoms. The summed E-state index contributed by atoms with van der Waals surface area (Å²) in [5, 5.41) is 0. The van der Waals surface area contributed by atoms with E-state index in [4.69, 9.17) is 0 Å². The highest BCUT2D eigenvalue weighted by molar-refractivity contribution is 5.77. The second-order valence-electron chi connectivity index (χ2n) is 5.07. The van der Waals surface area contributed by atoms with Crippen molar-refractivity contribution in [1.29, 1.82) is 0 Å². The van der Waals surface area contributed by atoms with Crippen molar-refractivity contribution in [1.82, 2.24) is 9.80 Å². The van der Waals surface area contributed by atoms with Crippen LogP contribution in [0.3, 0.4) is 0 Å². The number of hydrogen-bond acceptors (Lipinski definition) is 2. The van der Waals surface area contributed by atoms with Crippen molar-refractivity contribution in [2.45, 2.75) is 27.7 Å². The lowest BCUT2D eigenvalue weighted by atomic mass is 10.2. The highest BCUT2D eigenvalue weighted by Crippen LogP contribution is 2.00. The van der Waals surface area contributed by atoms with Crippen LogP contribution in [0.25, 0.3) is 0 Å². The van der Waals surface area contributed by atoms with E-state index in [9.17, 15) is 4.79 Å². The maximum Gasteiger partial charge on any atom is 0.224 e. The average Bonchev–Trinajstić information content (AvgIpc) is 2.11. The normalized spacial score (nSPS) is 11.5. The molecule has 3 nitrogen and oxygen atoms in total. The van der Waals surface area contributed by atoms with Gasteiger partial charge >= 0.3 is 0 Å². The minimum absolute atomic E-state index is 0.102. The number of carbonyl (C=O) groups is 1. The van der Waals surface area contributed by atoms with Gasteiger partial charge in [-0.25, -0.2) is 0 Å². The van der Waals surface area contributed by atoms with Crippen LogP contribution in [0, 0.1) is 11.8 Å². The van der Waals surface area contributed by atoms with Gasteiger partial charge in [-0.15, -0.1) is 0 Å². The first-order chi connectivity index (χ1) is 6.84. The van der Waals surface area contributed by atoms with E-state index in [-0.39, 0.29) is 11.8 Å². The van der Waals surface area contributed by atoms with Crippen LogP contribution < -0.4 is 0 Å². The molecule has 15 heavy (non-hydrogen) atoms. The smallest absolute Gasteiger partial charge is 0.224 e.